The molecule has 0 saturated carbocycles. The Morgan fingerprint density at radius 2 is 1.74 bits per heavy atom. The standard InChI is InChI=1S/C16H11NO2/c1-2-12-5-9-15(10-6-12)19-16(18)14-7-3-13(11-17)4-8-14/h2-10H,1H2. The van der Waals surface area contributed by atoms with Crippen LogP contribution in [0.4, 0.5) is 0 Å². The number of nitrogens with zero attached hydrogens (tertiary/aromatic N) is 1. The van der Waals surface area contributed by atoms with E-state index in [0.717, 1.165) is 5.56 Å². The minimum absolute atomic E-state index is 0.409. The zero-order valence-corrected chi connectivity index (χ0v) is 10.2. The lowest BCUT2D eigenvalue weighted by Gasteiger charge is -2.04. The number of rotatable bonds is 3. The van der Waals surface area contributed by atoms with E-state index in [9.17, 15) is 4.79 Å². The molecule has 3 nitrogen and oxygen atoms in total. The van der Waals surface area contributed by atoms with Crippen molar-refractivity contribution in [1.82, 2.24) is 0 Å². The first kappa shape index (κ1) is 12.6. The summed E-state index contributed by atoms with van der Waals surface area (Å²) in [7, 11) is 0. The monoisotopic (exact) mass is 249 g/mol. The molecular weight excluding hydrogens is 238 g/mol. The van der Waals surface area contributed by atoms with E-state index in [0.29, 0.717) is 16.9 Å². The number of carbonyl (C=O) groups excluding carboxylic acids is 1. The lowest BCUT2D eigenvalue weighted by atomic mass is 10.1. The van der Waals surface area contributed by atoms with Gasteiger partial charge in [0, 0.05) is 0 Å². The molecule has 0 heterocycles. The van der Waals surface area contributed by atoms with E-state index in [-0.39, 0.29) is 0 Å². The fourth-order valence-corrected chi connectivity index (χ4v) is 1.52. The first-order valence-electron chi connectivity index (χ1n) is 5.68. The van der Waals surface area contributed by atoms with Crippen LogP contribution in [0.3, 0.4) is 0 Å². The molecule has 0 bridgehead atoms. The highest BCUT2D eigenvalue weighted by molar-refractivity contribution is 5.91. The normalized spacial score (nSPS) is 9.42. The molecule has 0 spiro atoms. The van der Waals surface area contributed by atoms with Crippen LogP contribution in [0.5, 0.6) is 5.75 Å². The van der Waals surface area contributed by atoms with Crippen molar-refractivity contribution in [1.29, 1.82) is 5.26 Å². The van der Waals surface area contributed by atoms with E-state index >= 15 is 0 Å². The van der Waals surface area contributed by atoms with Crippen molar-refractivity contribution in [3.63, 3.8) is 0 Å². The van der Waals surface area contributed by atoms with Crippen LogP contribution in [0.1, 0.15) is 21.5 Å². The van der Waals surface area contributed by atoms with Crippen molar-refractivity contribution >= 4 is 12.0 Å². The number of hydrogen-bond donors (Lipinski definition) is 0. The number of benzene rings is 2. The summed E-state index contributed by atoms with van der Waals surface area (Å²) in [6.45, 7) is 3.65. The van der Waals surface area contributed by atoms with E-state index < -0.39 is 5.97 Å². The smallest absolute Gasteiger partial charge is 0.343 e. The highest BCUT2D eigenvalue weighted by atomic mass is 16.5. The van der Waals surface area contributed by atoms with Crippen molar-refractivity contribution in [2.24, 2.45) is 0 Å². The molecule has 0 aliphatic heterocycles. The van der Waals surface area contributed by atoms with Gasteiger partial charge in [0.25, 0.3) is 0 Å². The Kier molecular flexibility index (Phi) is 3.75. The van der Waals surface area contributed by atoms with Gasteiger partial charge in [-0.05, 0) is 42.0 Å². The number of nitriles is 1. The van der Waals surface area contributed by atoms with Crippen molar-refractivity contribution < 1.29 is 9.53 Å². The Labute approximate surface area is 111 Å². The third-order valence-electron chi connectivity index (χ3n) is 2.58. The van der Waals surface area contributed by atoms with Crippen LogP contribution in [0.15, 0.2) is 55.1 Å². The molecule has 0 aliphatic carbocycles. The van der Waals surface area contributed by atoms with E-state index in [1.165, 1.54) is 0 Å². The number of esters is 1. The van der Waals surface area contributed by atoms with Gasteiger partial charge in [-0.1, -0.05) is 24.8 Å². The SMILES string of the molecule is C=Cc1ccc(OC(=O)c2ccc(C#N)cc2)cc1. The van der Waals surface area contributed by atoms with Crippen LogP contribution in [-0.4, -0.2) is 5.97 Å². The molecule has 19 heavy (non-hydrogen) atoms. The maximum absolute atomic E-state index is 11.8. The van der Waals surface area contributed by atoms with Gasteiger partial charge >= 0.3 is 5.97 Å². The minimum atomic E-state index is -0.448. The second-order valence-electron chi connectivity index (χ2n) is 3.85. The topological polar surface area (TPSA) is 50.1 Å². The zero-order chi connectivity index (χ0) is 13.7. The molecule has 0 atom stereocenters. The molecule has 0 amide bonds. The summed E-state index contributed by atoms with van der Waals surface area (Å²) in [5.41, 5.74) is 1.87. The summed E-state index contributed by atoms with van der Waals surface area (Å²) in [5.74, 6) is 0.0239. The summed E-state index contributed by atoms with van der Waals surface area (Å²) in [6, 6.07) is 15.3. The van der Waals surface area contributed by atoms with Crippen LogP contribution in [0.25, 0.3) is 6.08 Å². The van der Waals surface area contributed by atoms with Crippen LogP contribution < -0.4 is 4.74 Å². The molecule has 2 rings (SSSR count). The summed E-state index contributed by atoms with van der Waals surface area (Å²) < 4.78 is 5.22. The Morgan fingerprint density at radius 3 is 2.26 bits per heavy atom. The summed E-state index contributed by atoms with van der Waals surface area (Å²) in [5, 5.41) is 8.68. The van der Waals surface area contributed by atoms with Gasteiger partial charge in [0.1, 0.15) is 5.75 Å². The zero-order valence-electron chi connectivity index (χ0n) is 10.2. The predicted octanol–water partition coefficient (Wildman–Crippen LogP) is 3.42. The molecule has 0 radical (unpaired) electrons. The Hall–Kier alpha value is -2.86. The molecule has 0 saturated heterocycles. The van der Waals surface area contributed by atoms with E-state index in [4.69, 9.17) is 10.00 Å². The van der Waals surface area contributed by atoms with Crippen LogP contribution in [0, 0.1) is 11.3 Å². The van der Waals surface area contributed by atoms with Crippen molar-refractivity contribution in [2.75, 3.05) is 0 Å². The molecule has 3 heteroatoms. The first-order chi connectivity index (χ1) is 9.22. The van der Waals surface area contributed by atoms with Gasteiger partial charge in [0.05, 0.1) is 17.2 Å². The average Bonchev–Trinajstić information content (AvgIpc) is 2.48. The first-order valence-corrected chi connectivity index (χ1v) is 5.68. The summed E-state index contributed by atoms with van der Waals surface area (Å²) in [6.07, 6.45) is 1.71. The van der Waals surface area contributed by atoms with Gasteiger partial charge in [0.15, 0.2) is 0 Å². The van der Waals surface area contributed by atoms with E-state index in [1.807, 2.05) is 18.2 Å². The number of carbonyl (C=O) groups is 1. The molecule has 0 fully saturated rings. The van der Waals surface area contributed by atoms with Crippen LogP contribution in [0.2, 0.25) is 0 Å². The molecule has 0 unspecified atom stereocenters. The molecule has 0 N–H and O–H groups in total. The quantitative estimate of drug-likeness (QED) is 0.618. The van der Waals surface area contributed by atoms with E-state index in [1.54, 1.807) is 42.5 Å². The number of hydrogen-bond acceptors (Lipinski definition) is 3. The Balaban J connectivity index is 2.11. The van der Waals surface area contributed by atoms with Gasteiger partial charge in [0.2, 0.25) is 0 Å². The van der Waals surface area contributed by atoms with Crippen molar-refractivity contribution in [3.8, 4) is 11.8 Å². The molecule has 0 aliphatic rings. The van der Waals surface area contributed by atoms with Gasteiger partial charge in [-0.25, -0.2) is 4.79 Å². The second-order valence-corrected chi connectivity index (χ2v) is 3.85. The Bertz CT molecular complexity index is 634. The maximum Gasteiger partial charge on any atom is 0.343 e. The third kappa shape index (κ3) is 3.08. The number of ether oxygens (including phenoxy) is 1. The van der Waals surface area contributed by atoms with Gasteiger partial charge in [-0.3, -0.25) is 0 Å². The predicted molar refractivity (Wildman–Crippen MR) is 72.6 cm³/mol. The van der Waals surface area contributed by atoms with Gasteiger partial charge in [-0.15, -0.1) is 0 Å². The molecule has 2 aromatic carbocycles. The van der Waals surface area contributed by atoms with Crippen molar-refractivity contribution in [3.05, 3.63) is 71.8 Å². The third-order valence-corrected chi connectivity index (χ3v) is 2.58. The average molecular weight is 249 g/mol. The molecule has 92 valence electrons. The summed E-state index contributed by atoms with van der Waals surface area (Å²) in [4.78, 5) is 11.8. The largest absolute Gasteiger partial charge is 0.423 e. The maximum atomic E-state index is 11.8. The Morgan fingerprint density at radius 1 is 1.11 bits per heavy atom. The van der Waals surface area contributed by atoms with Gasteiger partial charge in [-0.2, -0.15) is 5.26 Å². The molecule has 0 aromatic heterocycles. The lowest BCUT2D eigenvalue weighted by Crippen LogP contribution is -2.08. The van der Waals surface area contributed by atoms with E-state index in [2.05, 4.69) is 6.58 Å². The highest BCUT2D eigenvalue weighted by Gasteiger charge is 2.08. The lowest BCUT2D eigenvalue weighted by molar-refractivity contribution is 0.0735. The fraction of sp³-hybridized carbons (Fsp3) is 0. The van der Waals surface area contributed by atoms with Crippen LogP contribution >= 0.6 is 0 Å². The van der Waals surface area contributed by atoms with Crippen LogP contribution in [-0.2, 0) is 0 Å². The van der Waals surface area contributed by atoms with Crippen molar-refractivity contribution in [2.45, 2.75) is 0 Å². The molecular formula is C16H11NO2. The van der Waals surface area contributed by atoms with Gasteiger partial charge < -0.3 is 4.74 Å². The minimum Gasteiger partial charge on any atom is -0.423 e. The fourth-order valence-electron chi connectivity index (χ4n) is 1.52. The summed E-state index contributed by atoms with van der Waals surface area (Å²) >= 11 is 0. The molecule has 2 aromatic rings. The second kappa shape index (κ2) is 5.65. The highest BCUT2D eigenvalue weighted by Crippen LogP contribution is 2.15.